The number of aromatic nitrogens is 1. The van der Waals surface area contributed by atoms with Crippen molar-refractivity contribution in [3.8, 4) is 0 Å². The quantitative estimate of drug-likeness (QED) is 0.717. The van der Waals surface area contributed by atoms with Crippen LogP contribution in [0.2, 0.25) is 0 Å². The number of likely N-dealkylation sites (tertiary alicyclic amines) is 2. The minimum absolute atomic E-state index is 0.139. The Morgan fingerprint density at radius 2 is 1.97 bits per heavy atom. The third-order valence-electron chi connectivity index (χ3n) is 7.55. The Morgan fingerprint density at radius 3 is 2.60 bits per heavy atom. The SMILES string of the molecule is C/C=C/c1ccc([C@@H]2[C@@H](CO)N(Cc3nccs3)C23CN(CC2CCCC2)C3)cc1. The van der Waals surface area contributed by atoms with E-state index in [1.807, 2.05) is 6.20 Å². The predicted molar refractivity (Wildman–Crippen MR) is 124 cm³/mol. The van der Waals surface area contributed by atoms with Crippen molar-refractivity contribution in [1.82, 2.24) is 14.8 Å². The molecule has 30 heavy (non-hydrogen) atoms. The number of rotatable bonds is 7. The second-order valence-corrected chi connectivity index (χ2v) is 10.4. The molecule has 4 nitrogen and oxygen atoms in total. The fourth-order valence-electron chi connectivity index (χ4n) is 6.25. The molecular formula is C25H33N3OS. The molecule has 1 saturated carbocycles. The minimum Gasteiger partial charge on any atom is -0.395 e. The van der Waals surface area contributed by atoms with Gasteiger partial charge in [-0.1, -0.05) is 49.3 Å². The Labute approximate surface area is 184 Å². The van der Waals surface area contributed by atoms with E-state index in [2.05, 4.69) is 63.5 Å². The van der Waals surface area contributed by atoms with Crippen molar-refractivity contribution in [2.75, 3.05) is 26.2 Å². The Bertz CT molecular complexity index is 851. The van der Waals surface area contributed by atoms with Crippen molar-refractivity contribution in [3.05, 3.63) is 58.1 Å². The molecule has 0 unspecified atom stereocenters. The Balaban J connectivity index is 1.38. The molecule has 3 fully saturated rings. The van der Waals surface area contributed by atoms with Crippen LogP contribution in [0.5, 0.6) is 0 Å². The lowest BCUT2D eigenvalue weighted by Crippen LogP contribution is -2.84. The van der Waals surface area contributed by atoms with Gasteiger partial charge in [0, 0.05) is 43.2 Å². The second-order valence-electron chi connectivity index (χ2n) is 9.37. The zero-order chi connectivity index (χ0) is 20.6. The second kappa shape index (κ2) is 8.54. The Morgan fingerprint density at radius 1 is 1.20 bits per heavy atom. The molecule has 1 aromatic heterocycles. The lowest BCUT2D eigenvalue weighted by atomic mass is 9.60. The Kier molecular flexibility index (Phi) is 5.80. The maximum absolute atomic E-state index is 10.3. The van der Waals surface area contributed by atoms with Crippen LogP contribution in [0.15, 0.2) is 41.9 Å². The van der Waals surface area contributed by atoms with Gasteiger partial charge in [0.05, 0.1) is 18.7 Å². The molecule has 0 amide bonds. The first-order valence-electron chi connectivity index (χ1n) is 11.4. The van der Waals surface area contributed by atoms with Gasteiger partial charge in [0.2, 0.25) is 0 Å². The highest BCUT2D eigenvalue weighted by Gasteiger charge is 2.65. The molecule has 2 aliphatic heterocycles. The molecule has 3 aliphatic rings. The molecular weight excluding hydrogens is 390 g/mol. The third kappa shape index (κ3) is 3.56. The first-order chi connectivity index (χ1) is 14.7. The topological polar surface area (TPSA) is 39.6 Å². The summed E-state index contributed by atoms with van der Waals surface area (Å²) >= 11 is 1.72. The smallest absolute Gasteiger partial charge is 0.107 e. The molecule has 5 rings (SSSR count). The van der Waals surface area contributed by atoms with Gasteiger partial charge in [0.1, 0.15) is 5.01 Å². The summed E-state index contributed by atoms with van der Waals surface area (Å²) in [5.74, 6) is 1.28. The van der Waals surface area contributed by atoms with Crippen LogP contribution in [-0.4, -0.2) is 57.7 Å². The zero-order valence-electron chi connectivity index (χ0n) is 17.9. The summed E-state index contributed by atoms with van der Waals surface area (Å²) in [6, 6.07) is 9.18. The summed E-state index contributed by atoms with van der Waals surface area (Å²) in [7, 11) is 0. The lowest BCUT2D eigenvalue weighted by molar-refractivity contribution is -0.197. The molecule has 160 valence electrons. The van der Waals surface area contributed by atoms with Crippen LogP contribution < -0.4 is 0 Å². The number of nitrogens with zero attached hydrogens (tertiary/aromatic N) is 3. The van der Waals surface area contributed by atoms with Gasteiger partial charge < -0.3 is 5.11 Å². The molecule has 1 N–H and O–H groups in total. The van der Waals surface area contributed by atoms with Crippen molar-refractivity contribution in [1.29, 1.82) is 0 Å². The van der Waals surface area contributed by atoms with Crippen LogP contribution in [0.25, 0.3) is 6.08 Å². The monoisotopic (exact) mass is 423 g/mol. The maximum Gasteiger partial charge on any atom is 0.107 e. The normalized spacial score (nSPS) is 27.0. The highest BCUT2D eigenvalue weighted by Crippen LogP contribution is 2.54. The molecule has 1 aromatic carbocycles. The summed E-state index contributed by atoms with van der Waals surface area (Å²) in [6.07, 6.45) is 11.7. The molecule has 2 atom stereocenters. The van der Waals surface area contributed by atoms with Gasteiger partial charge in [-0.25, -0.2) is 4.98 Å². The van der Waals surface area contributed by atoms with Crippen LogP contribution in [0.3, 0.4) is 0 Å². The van der Waals surface area contributed by atoms with Gasteiger partial charge in [-0.05, 0) is 36.8 Å². The van der Waals surface area contributed by atoms with Crippen molar-refractivity contribution < 1.29 is 5.11 Å². The number of aliphatic hydroxyl groups is 1. The number of benzene rings is 1. The van der Waals surface area contributed by atoms with Crippen LogP contribution in [0.4, 0.5) is 0 Å². The molecule has 5 heteroatoms. The van der Waals surface area contributed by atoms with Crippen molar-refractivity contribution in [2.24, 2.45) is 5.92 Å². The molecule has 1 aliphatic carbocycles. The Hall–Kier alpha value is -1.53. The molecule has 0 bridgehead atoms. The average molecular weight is 424 g/mol. The first-order valence-corrected chi connectivity index (χ1v) is 12.3. The molecule has 1 spiro atoms. The predicted octanol–water partition coefficient (Wildman–Crippen LogP) is 4.38. The van der Waals surface area contributed by atoms with Gasteiger partial charge in [0.25, 0.3) is 0 Å². The fourth-order valence-corrected chi connectivity index (χ4v) is 6.87. The number of hydrogen-bond donors (Lipinski definition) is 1. The van der Waals surface area contributed by atoms with Crippen molar-refractivity contribution >= 4 is 17.4 Å². The maximum atomic E-state index is 10.3. The standard InChI is InChI=1S/C25H33N3OS/c1-2-5-19-8-10-21(11-9-19)24-22(16-29)28(15-23-26-12-13-30-23)25(24)17-27(18-25)14-20-6-3-4-7-20/h2,5,8-13,20,22,24,29H,3-4,6-7,14-18H2,1H3/b5-2+/t22-,24-/m1/s1. The van der Waals surface area contributed by atoms with Crippen molar-refractivity contribution in [2.45, 2.75) is 56.7 Å². The average Bonchev–Trinajstić information content (AvgIpc) is 3.42. The van der Waals surface area contributed by atoms with Crippen molar-refractivity contribution in [3.63, 3.8) is 0 Å². The molecule has 3 heterocycles. The molecule has 2 saturated heterocycles. The highest BCUT2D eigenvalue weighted by atomic mass is 32.1. The van der Waals surface area contributed by atoms with E-state index < -0.39 is 0 Å². The number of allylic oxidation sites excluding steroid dienone is 1. The van der Waals surface area contributed by atoms with E-state index in [0.29, 0.717) is 5.92 Å². The van der Waals surface area contributed by atoms with Crippen LogP contribution >= 0.6 is 11.3 Å². The van der Waals surface area contributed by atoms with Gasteiger partial charge in [-0.15, -0.1) is 11.3 Å². The first kappa shape index (κ1) is 20.4. The summed E-state index contributed by atoms with van der Waals surface area (Å²) in [5, 5.41) is 13.5. The highest BCUT2D eigenvalue weighted by molar-refractivity contribution is 7.09. The number of thiazole rings is 1. The van der Waals surface area contributed by atoms with Crippen LogP contribution in [-0.2, 0) is 6.54 Å². The zero-order valence-corrected chi connectivity index (χ0v) is 18.7. The summed E-state index contributed by atoms with van der Waals surface area (Å²) in [5.41, 5.74) is 2.75. The van der Waals surface area contributed by atoms with Gasteiger partial charge in [-0.3, -0.25) is 9.80 Å². The van der Waals surface area contributed by atoms with E-state index in [1.165, 1.54) is 43.4 Å². The minimum atomic E-state index is 0.139. The van der Waals surface area contributed by atoms with E-state index in [4.69, 9.17) is 0 Å². The van der Waals surface area contributed by atoms with E-state index >= 15 is 0 Å². The van der Waals surface area contributed by atoms with Gasteiger partial charge in [0.15, 0.2) is 0 Å². The van der Waals surface area contributed by atoms with Gasteiger partial charge in [-0.2, -0.15) is 0 Å². The summed E-state index contributed by atoms with van der Waals surface area (Å²) in [6.45, 7) is 6.60. The van der Waals surface area contributed by atoms with Crippen LogP contribution in [0, 0.1) is 5.92 Å². The number of aliphatic hydroxyl groups excluding tert-OH is 1. The van der Waals surface area contributed by atoms with Gasteiger partial charge >= 0.3 is 0 Å². The molecule has 2 aromatic rings. The van der Waals surface area contributed by atoms with Crippen LogP contribution in [0.1, 0.15) is 54.7 Å². The number of hydrogen-bond acceptors (Lipinski definition) is 5. The summed E-state index contributed by atoms with van der Waals surface area (Å²) < 4.78 is 0. The van der Waals surface area contributed by atoms with E-state index in [0.717, 1.165) is 30.6 Å². The fraction of sp³-hybridized carbons (Fsp3) is 0.560. The largest absolute Gasteiger partial charge is 0.395 e. The lowest BCUT2D eigenvalue weighted by Gasteiger charge is -2.71. The summed E-state index contributed by atoms with van der Waals surface area (Å²) in [4.78, 5) is 9.76. The van der Waals surface area contributed by atoms with E-state index in [-0.39, 0.29) is 18.2 Å². The molecule has 0 radical (unpaired) electrons. The third-order valence-corrected chi connectivity index (χ3v) is 8.32. The van der Waals surface area contributed by atoms with E-state index in [9.17, 15) is 5.11 Å². The van der Waals surface area contributed by atoms with E-state index in [1.54, 1.807) is 11.3 Å².